The first-order valence-electron chi connectivity index (χ1n) is 7.02. The minimum Gasteiger partial charge on any atom is -0.391 e. The van der Waals surface area contributed by atoms with E-state index in [2.05, 4.69) is 10.5 Å². The number of hydrogen-bond acceptors (Lipinski definition) is 5. The molecule has 0 radical (unpaired) electrons. The predicted molar refractivity (Wildman–Crippen MR) is 86.1 cm³/mol. The Morgan fingerprint density at radius 2 is 2.12 bits per heavy atom. The molecule has 1 amide bonds. The van der Waals surface area contributed by atoms with Gasteiger partial charge >= 0.3 is 0 Å². The second kappa shape index (κ2) is 7.95. The van der Waals surface area contributed by atoms with Crippen molar-refractivity contribution >= 4 is 23.5 Å². The minimum atomic E-state index is -0.921. The van der Waals surface area contributed by atoms with Crippen LogP contribution in [0, 0.1) is 28.7 Å². The summed E-state index contributed by atoms with van der Waals surface area (Å²) >= 11 is 0. The van der Waals surface area contributed by atoms with E-state index in [9.17, 15) is 23.7 Å². The fraction of sp³-hybridized carbons (Fsp3) is 0.125. The first-order chi connectivity index (χ1) is 11.9. The van der Waals surface area contributed by atoms with Gasteiger partial charge < -0.3 is 10.2 Å². The molecule has 7 nitrogen and oxygen atoms in total. The predicted octanol–water partition coefficient (Wildman–Crippen LogP) is 3.32. The van der Waals surface area contributed by atoms with Crippen LogP contribution in [0.3, 0.4) is 0 Å². The van der Waals surface area contributed by atoms with E-state index in [4.69, 9.17) is 4.84 Å². The van der Waals surface area contributed by atoms with Crippen LogP contribution < -0.4 is 5.32 Å². The summed E-state index contributed by atoms with van der Waals surface area (Å²) in [5, 5.41) is 16.4. The van der Waals surface area contributed by atoms with E-state index < -0.39 is 22.5 Å². The zero-order valence-corrected chi connectivity index (χ0v) is 13.0. The molecule has 0 aromatic heterocycles. The molecule has 130 valence electrons. The summed E-state index contributed by atoms with van der Waals surface area (Å²) < 4.78 is 26.1. The number of nitro benzene ring substituents is 1. The van der Waals surface area contributed by atoms with Crippen LogP contribution in [-0.4, -0.2) is 17.0 Å². The summed E-state index contributed by atoms with van der Waals surface area (Å²) in [5.41, 5.74) is 0.721. The molecule has 1 N–H and O–H groups in total. The molecule has 0 heterocycles. The number of halogens is 2. The smallest absolute Gasteiger partial charge is 0.272 e. The third-order valence-electron chi connectivity index (χ3n) is 3.27. The highest BCUT2D eigenvalue weighted by Gasteiger charge is 2.13. The maximum absolute atomic E-state index is 13.4. The standard InChI is InChI=1S/C16H13F2N3O4/c1-10-11(3-2-4-15(10)21(23)24)9-25-19-8-16(22)20-14-6-5-12(17)7-13(14)18/h2-8H,9H2,1H3,(H,20,22)/b19-8+. The fourth-order valence-corrected chi connectivity index (χ4v) is 1.97. The number of carbonyl (C=O) groups is 1. The van der Waals surface area contributed by atoms with Gasteiger partial charge in [0.05, 0.1) is 10.6 Å². The van der Waals surface area contributed by atoms with Crippen molar-refractivity contribution in [3.8, 4) is 0 Å². The first kappa shape index (κ1) is 18.0. The summed E-state index contributed by atoms with van der Waals surface area (Å²) in [6, 6.07) is 7.21. The van der Waals surface area contributed by atoms with Gasteiger partial charge in [-0.1, -0.05) is 17.3 Å². The molecule has 0 saturated carbocycles. The molecule has 9 heteroatoms. The van der Waals surface area contributed by atoms with Gasteiger partial charge in [0.25, 0.3) is 11.6 Å². The van der Waals surface area contributed by atoms with E-state index in [1.54, 1.807) is 13.0 Å². The SMILES string of the molecule is Cc1c(CO/N=C/C(=O)Nc2ccc(F)cc2F)cccc1[N+](=O)[O-]. The highest BCUT2D eigenvalue weighted by molar-refractivity contribution is 6.31. The molecule has 0 saturated heterocycles. The van der Waals surface area contributed by atoms with Crippen LogP contribution in [0.4, 0.5) is 20.2 Å². The Bertz CT molecular complexity index is 840. The Balaban J connectivity index is 1.92. The Morgan fingerprint density at radius 1 is 1.36 bits per heavy atom. The molecule has 0 atom stereocenters. The van der Waals surface area contributed by atoms with Crippen molar-refractivity contribution in [2.75, 3.05) is 5.32 Å². The molecule has 25 heavy (non-hydrogen) atoms. The molecule has 0 unspecified atom stereocenters. The van der Waals surface area contributed by atoms with E-state index >= 15 is 0 Å². The molecule has 0 aliphatic carbocycles. The van der Waals surface area contributed by atoms with Crippen molar-refractivity contribution in [1.82, 2.24) is 0 Å². The average molecular weight is 349 g/mol. The number of nitro groups is 1. The van der Waals surface area contributed by atoms with Crippen molar-refractivity contribution in [1.29, 1.82) is 0 Å². The number of benzene rings is 2. The van der Waals surface area contributed by atoms with Crippen LogP contribution in [0.2, 0.25) is 0 Å². The number of oxime groups is 1. The largest absolute Gasteiger partial charge is 0.391 e. The Kier molecular flexibility index (Phi) is 5.72. The van der Waals surface area contributed by atoms with E-state index in [1.807, 2.05) is 0 Å². The third kappa shape index (κ3) is 4.80. The lowest BCUT2D eigenvalue weighted by Gasteiger charge is -2.05. The fourth-order valence-electron chi connectivity index (χ4n) is 1.97. The van der Waals surface area contributed by atoms with Crippen LogP contribution in [0.1, 0.15) is 11.1 Å². The summed E-state index contributed by atoms with van der Waals surface area (Å²) in [6.45, 7) is 1.49. The number of rotatable bonds is 6. The van der Waals surface area contributed by atoms with Crippen LogP contribution in [0.25, 0.3) is 0 Å². The van der Waals surface area contributed by atoms with Crippen molar-refractivity contribution in [2.45, 2.75) is 13.5 Å². The number of hydrogen-bond donors (Lipinski definition) is 1. The Morgan fingerprint density at radius 3 is 2.80 bits per heavy atom. The molecular formula is C16H13F2N3O4. The van der Waals surface area contributed by atoms with Crippen LogP contribution in [-0.2, 0) is 16.2 Å². The number of anilines is 1. The molecular weight excluding hydrogens is 336 g/mol. The summed E-state index contributed by atoms with van der Waals surface area (Å²) in [5.74, 6) is -2.46. The lowest BCUT2D eigenvalue weighted by atomic mass is 10.1. The lowest BCUT2D eigenvalue weighted by molar-refractivity contribution is -0.385. The highest BCUT2D eigenvalue weighted by Crippen LogP contribution is 2.21. The third-order valence-corrected chi connectivity index (χ3v) is 3.27. The quantitative estimate of drug-likeness (QED) is 0.492. The molecule has 0 fully saturated rings. The van der Waals surface area contributed by atoms with Crippen molar-refractivity contribution in [2.24, 2.45) is 5.16 Å². The number of carbonyl (C=O) groups excluding carboxylic acids is 1. The van der Waals surface area contributed by atoms with Gasteiger partial charge in [0.15, 0.2) is 0 Å². The summed E-state index contributed by atoms with van der Waals surface area (Å²) in [7, 11) is 0. The zero-order valence-electron chi connectivity index (χ0n) is 13.0. The molecule has 2 aromatic carbocycles. The topological polar surface area (TPSA) is 93.8 Å². The van der Waals surface area contributed by atoms with Gasteiger partial charge in [0.2, 0.25) is 0 Å². The molecule has 0 aliphatic heterocycles. The van der Waals surface area contributed by atoms with Crippen molar-refractivity contribution < 1.29 is 23.3 Å². The van der Waals surface area contributed by atoms with E-state index in [-0.39, 0.29) is 18.0 Å². The number of amides is 1. The van der Waals surface area contributed by atoms with Crippen molar-refractivity contribution in [3.63, 3.8) is 0 Å². The maximum atomic E-state index is 13.4. The van der Waals surface area contributed by atoms with Crippen LogP contribution in [0.5, 0.6) is 0 Å². The highest BCUT2D eigenvalue weighted by atomic mass is 19.1. The van der Waals surface area contributed by atoms with Crippen molar-refractivity contribution in [3.05, 3.63) is 69.3 Å². The average Bonchev–Trinajstić information content (AvgIpc) is 2.55. The molecule has 0 spiro atoms. The summed E-state index contributed by atoms with van der Waals surface area (Å²) in [4.78, 5) is 26.8. The van der Waals surface area contributed by atoms with Gasteiger partial charge in [0, 0.05) is 23.3 Å². The lowest BCUT2D eigenvalue weighted by Crippen LogP contribution is -2.14. The zero-order chi connectivity index (χ0) is 18.4. The van der Waals surface area contributed by atoms with Gasteiger partial charge in [-0.3, -0.25) is 14.9 Å². The molecule has 2 aromatic rings. The van der Waals surface area contributed by atoms with Gasteiger partial charge in [-0.2, -0.15) is 0 Å². The van der Waals surface area contributed by atoms with E-state index in [0.717, 1.165) is 18.3 Å². The van der Waals surface area contributed by atoms with Crippen LogP contribution in [0.15, 0.2) is 41.6 Å². The second-order valence-electron chi connectivity index (χ2n) is 4.94. The molecule has 0 aliphatic rings. The van der Waals surface area contributed by atoms with E-state index in [1.165, 1.54) is 12.1 Å². The minimum absolute atomic E-state index is 0.0467. The Hall–Kier alpha value is -3.36. The van der Waals surface area contributed by atoms with Gasteiger partial charge in [-0.25, -0.2) is 8.78 Å². The molecule has 2 rings (SSSR count). The van der Waals surface area contributed by atoms with Gasteiger partial charge in [0.1, 0.15) is 24.5 Å². The van der Waals surface area contributed by atoms with Crippen LogP contribution >= 0.6 is 0 Å². The number of nitrogens with one attached hydrogen (secondary N) is 1. The normalized spacial score (nSPS) is 10.7. The summed E-state index contributed by atoms with van der Waals surface area (Å²) in [6.07, 6.45) is 0.773. The first-order valence-corrected chi connectivity index (χ1v) is 7.02. The number of nitrogens with zero attached hydrogens (tertiary/aromatic N) is 2. The van der Waals surface area contributed by atoms with Gasteiger partial charge in [-0.05, 0) is 19.1 Å². The van der Waals surface area contributed by atoms with Gasteiger partial charge in [-0.15, -0.1) is 0 Å². The molecule has 0 bridgehead atoms. The maximum Gasteiger partial charge on any atom is 0.272 e. The second-order valence-corrected chi connectivity index (χ2v) is 4.94. The Labute approximate surface area is 141 Å². The van der Waals surface area contributed by atoms with E-state index in [0.29, 0.717) is 17.2 Å². The monoisotopic (exact) mass is 349 g/mol.